The Morgan fingerprint density at radius 1 is 0.714 bits per heavy atom. The summed E-state index contributed by atoms with van der Waals surface area (Å²) in [6.45, 7) is 7.65. The topological polar surface area (TPSA) is 21.7 Å². The summed E-state index contributed by atoms with van der Waals surface area (Å²) in [6, 6.07) is 10.6. The molecule has 0 amide bonds. The van der Waals surface area contributed by atoms with E-state index in [0.29, 0.717) is 0 Å². The minimum Gasteiger partial charge on any atom is -0.383 e. The molecular weight excluding hydrogens is 370 g/mol. The van der Waals surface area contributed by atoms with E-state index >= 15 is 0 Å². The van der Waals surface area contributed by atoms with Gasteiger partial charge in [-0.2, -0.15) is 0 Å². The minimum absolute atomic E-state index is 0. The van der Waals surface area contributed by atoms with Gasteiger partial charge < -0.3 is 9.47 Å². The minimum atomic E-state index is 0. The Morgan fingerprint density at radius 3 is 1.89 bits per heavy atom. The van der Waals surface area contributed by atoms with Crippen molar-refractivity contribution >= 4 is 12.4 Å². The van der Waals surface area contributed by atoms with Gasteiger partial charge in [-0.05, 0) is 12.0 Å². The quantitative estimate of drug-likeness (QED) is 0.242. The van der Waals surface area contributed by atoms with Crippen LogP contribution in [-0.2, 0) is 16.0 Å². The third-order valence-electron chi connectivity index (χ3n) is 5.05. The molecule has 0 aliphatic rings. The highest BCUT2D eigenvalue weighted by molar-refractivity contribution is 5.85. The monoisotopic (exact) mass is 413 g/mol. The van der Waals surface area contributed by atoms with Crippen LogP contribution in [0, 0.1) is 0 Å². The van der Waals surface area contributed by atoms with E-state index in [-0.39, 0.29) is 12.4 Å². The summed E-state index contributed by atoms with van der Waals surface area (Å²) in [6.07, 6.45) is 13.7. The van der Waals surface area contributed by atoms with E-state index in [9.17, 15) is 0 Å². The van der Waals surface area contributed by atoms with E-state index in [4.69, 9.17) is 9.47 Å². The van der Waals surface area contributed by atoms with E-state index < -0.39 is 0 Å². The molecule has 164 valence electrons. The lowest BCUT2D eigenvalue weighted by molar-refractivity contribution is 0.0832. The van der Waals surface area contributed by atoms with Gasteiger partial charge in [-0.15, -0.1) is 12.4 Å². The van der Waals surface area contributed by atoms with Gasteiger partial charge in [-0.1, -0.05) is 95.0 Å². The van der Waals surface area contributed by atoms with E-state index in [1.165, 1.54) is 69.8 Å². The second kappa shape index (κ2) is 21.1. The number of methoxy groups -OCH3 is 1. The van der Waals surface area contributed by atoms with Crippen LogP contribution in [0.15, 0.2) is 30.3 Å². The first-order valence-electron chi connectivity index (χ1n) is 11.2. The lowest BCUT2D eigenvalue weighted by atomic mass is 10.1. The van der Waals surface area contributed by atoms with Crippen LogP contribution in [0.1, 0.15) is 76.7 Å². The van der Waals surface area contributed by atoms with Gasteiger partial charge in [0.05, 0.1) is 13.2 Å². The smallest absolute Gasteiger partial charge is 0.0593 e. The van der Waals surface area contributed by atoms with Gasteiger partial charge in [0.15, 0.2) is 0 Å². The van der Waals surface area contributed by atoms with Gasteiger partial charge in [0.1, 0.15) is 0 Å². The summed E-state index contributed by atoms with van der Waals surface area (Å²) in [7, 11) is 1.77. The summed E-state index contributed by atoms with van der Waals surface area (Å²) >= 11 is 0. The van der Waals surface area contributed by atoms with Crippen LogP contribution in [0.2, 0.25) is 0 Å². The highest BCUT2D eigenvalue weighted by atomic mass is 35.5. The molecule has 0 radical (unpaired) electrons. The zero-order valence-corrected chi connectivity index (χ0v) is 19.2. The molecule has 1 aromatic rings. The van der Waals surface area contributed by atoms with Crippen molar-refractivity contribution in [1.29, 1.82) is 0 Å². The Bertz CT molecular complexity index is 416. The van der Waals surface area contributed by atoms with Crippen molar-refractivity contribution in [3.8, 4) is 0 Å². The fraction of sp³-hybridized carbons (Fsp3) is 0.750. The van der Waals surface area contributed by atoms with E-state index in [2.05, 4.69) is 42.2 Å². The second-order valence-corrected chi connectivity index (χ2v) is 7.55. The van der Waals surface area contributed by atoms with Crippen molar-refractivity contribution in [2.24, 2.45) is 0 Å². The summed E-state index contributed by atoms with van der Waals surface area (Å²) in [5.74, 6) is 0. The summed E-state index contributed by atoms with van der Waals surface area (Å²) in [4.78, 5) is 2.41. The maximum absolute atomic E-state index is 5.87. The molecule has 0 aliphatic heterocycles. The number of rotatable bonds is 19. The number of unbranched alkanes of at least 4 members (excludes halogenated alkanes) is 9. The first kappa shape index (κ1) is 27.4. The molecule has 0 N–H and O–H groups in total. The van der Waals surface area contributed by atoms with Crippen LogP contribution in [0.5, 0.6) is 0 Å². The Kier molecular flexibility index (Phi) is 20.6. The molecule has 1 aromatic carbocycles. The third kappa shape index (κ3) is 16.4. The maximum Gasteiger partial charge on any atom is 0.0593 e. The molecule has 0 atom stereocenters. The number of halogens is 1. The fourth-order valence-electron chi connectivity index (χ4n) is 3.32. The van der Waals surface area contributed by atoms with Crippen molar-refractivity contribution in [1.82, 2.24) is 4.90 Å². The average molecular weight is 414 g/mol. The molecule has 0 spiro atoms. The average Bonchev–Trinajstić information content (AvgIpc) is 2.70. The second-order valence-electron chi connectivity index (χ2n) is 7.55. The van der Waals surface area contributed by atoms with Gasteiger partial charge in [-0.25, -0.2) is 0 Å². The number of hydrogen-bond donors (Lipinski definition) is 0. The highest BCUT2D eigenvalue weighted by Crippen LogP contribution is 2.10. The van der Waals surface area contributed by atoms with Crippen molar-refractivity contribution in [2.75, 3.05) is 40.0 Å². The van der Waals surface area contributed by atoms with Crippen LogP contribution in [0.25, 0.3) is 0 Å². The Labute approximate surface area is 180 Å². The van der Waals surface area contributed by atoms with Crippen LogP contribution in [-0.4, -0.2) is 44.9 Å². The normalized spacial score (nSPS) is 11.0. The molecule has 0 unspecified atom stereocenters. The van der Waals surface area contributed by atoms with E-state index in [1.807, 2.05) is 0 Å². The zero-order chi connectivity index (χ0) is 19.4. The number of benzene rings is 1. The van der Waals surface area contributed by atoms with Crippen LogP contribution in [0.4, 0.5) is 0 Å². The number of hydrogen-bond acceptors (Lipinski definition) is 3. The highest BCUT2D eigenvalue weighted by Gasteiger charge is 2.05. The molecule has 28 heavy (non-hydrogen) atoms. The van der Waals surface area contributed by atoms with Gasteiger partial charge in [0, 0.05) is 33.4 Å². The van der Waals surface area contributed by atoms with Gasteiger partial charge in [0.2, 0.25) is 0 Å². The SMILES string of the molecule is CCCCCCCCCCCCOCCN(CCOC)Cc1ccccc1.Cl. The van der Waals surface area contributed by atoms with Crippen molar-refractivity contribution in [3.63, 3.8) is 0 Å². The maximum atomic E-state index is 5.87. The van der Waals surface area contributed by atoms with Crippen LogP contribution in [0.3, 0.4) is 0 Å². The van der Waals surface area contributed by atoms with Crippen molar-refractivity contribution in [2.45, 2.75) is 77.7 Å². The number of ether oxygens (including phenoxy) is 2. The van der Waals surface area contributed by atoms with Crippen LogP contribution < -0.4 is 0 Å². The van der Waals surface area contributed by atoms with Gasteiger partial charge in [-0.3, -0.25) is 4.90 Å². The summed E-state index contributed by atoms with van der Waals surface area (Å²) in [5, 5.41) is 0. The molecule has 0 bridgehead atoms. The molecule has 0 heterocycles. The molecule has 1 rings (SSSR count). The van der Waals surface area contributed by atoms with Gasteiger partial charge in [0.25, 0.3) is 0 Å². The lowest BCUT2D eigenvalue weighted by Crippen LogP contribution is -2.30. The lowest BCUT2D eigenvalue weighted by Gasteiger charge is -2.22. The van der Waals surface area contributed by atoms with Crippen LogP contribution >= 0.6 is 12.4 Å². The van der Waals surface area contributed by atoms with Crippen molar-refractivity contribution < 1.29 is 9.47 Å². The van der Waals surface area contributed by atoms with Crippen molar-refractivity contribution in [3.05, 3.63) is 35.9 Å². The molecule has 4 heteroatoms. The van der Waals surface area contributed by atoms with Gasteiger partial charge >= 0.3 is 0 Å². The summed E-state index contributed by atoms with van der Waals surface area (Å²) in [5.41, 5.74) is 1.35. The molecule has 0 saturated heterocycles. The predicted molar refractivity (Wildman–Crippen MR) is 124 cm³/mol. The zero-order valence-electron chi connectivity index (χ0n) is 18.4. The standard InChI is InChI=1S/C24H43NO2.ClH/c1-3-4-5-6-7-8-9-10-11-15-20-27-22-19-25(18-21-26-2)23-24-16-13-12-14-17-24;/h12-14,16-17H,3-11,15,18-23H2,1-2H3;1H. The first-order valence-corrected chi connectivity index (χ1v) is 11.2. The Balaban J connectivity index is 0.00000729. The summed E-state index contributed by atoms with van der Waals surface area (Å²) < 4.78 is 11.1. The molecule has 0 aromatic heterocycles. The molecule has 3 nitrogen and oxygen atoms in total. The largest absolute Gasteiger partial charge is 0.383 e. The molecule has 0 fully saturated rings. The molecule has 0 aliphatic carbocycles. The predicted octanol–water partition coefficient (Wildman–Crippen LogP) is 6.49. The molecular formula is C24H44ClNO2. The first-order chi connectivity index (χ1) is 13.4. The fourth-order valence-corrected chi connectivity index (χ4v) is 3.32. The van der Waals surface area contributed by atoms with E-state index in [0.717, 1.165) is 39.5 Å². The Hall–Kier alpha value is -0.610. The van der Waals surface area contributed by atoms with E-state index in [1.54, 1.807) is 7.11 Å². The Morgan fingerprint density at radius 2 is 1.29 bits per heavy atom. The third-order valence-corrected chi connectivity index (χ3v) is 5.05. The number of nitrogens with zero attached hydrogens (tertiary/aromatic N) is 1. The molecule has 0 saturated carbocycles.